The van der Waals surface area contributed by atoms with Gasteiger partial charge in [-0.2, -0.15) is 5.26 Å². The summed E-state index contributed by atoms with van der Waals surface area (Å²) in [5, 5.41) is 9.59. The van der Waals surface area contributed by atoms with Gasteiger partial charge in [-0.15, -0.1) is 0 Å². The van der Waals surface area contributed by atoms with Crippen molar-refractivity contribution in [2.45, 2.75) is 19.3 Å². The van der Waals surface area contributed by atoms with E-state index in [4.69, 9.17) is 10.5 Å². The van der Waals surface area contributed by atoms with Crippen LogP contribution >= 0.6 is 0 Å². The number of benzene rings is 2. The molecule has 0 spiro atoms. The summed E-state index contributed by atoms with van der Waals surface area (Å²) < 4.78 is 5.73. The van der Waals surface area contributed by atoms with Gasteiger partial charge in [0.05, 0.1) is 5.92 Å². The van der Waals surface area contributed by atoms with Crippen molar-refractivity contribution >= 4 is 5.69 Å². The van der Waals surface area contributed by atoms with E-state index in [-0.39, 0.29) is 11.8 Å². The first-order valence-electron chi connectivity index (χ1n) is 8.02. The van der Waals surface area contributed by atoms with Gasteiger partial charge in [0.15, 0.2) is 0 Å². The Balaban J connectivity index is 2.14. The predicted octanol–water partition coefficient (Wildman–Crippen LogP) is 3.53. The molecule has 0 bridgehead atoms. The van der Waals surface area contributed by atoms with Crippen molar-refractivity contribution in [3.63, 3.8) is 0 Å². The molecule has 0 radical (unpaired) electrons. The molecule has 0 saturated heterocycles. The molecule has 0 aromatic heterocycles. The Morgan fingerprint density at radius 1 is 1.17 bits per heavy atom. The van der Waals surface area contributed by atoms with E-state index in [0.717, 1.165) is 23.2 Å². The summed E-state index contributed by atoms with van der Waals surface area (Å²) >= 11 is 0. The molecule has 1 aliphatic rings. The van der Waals surface area contributed by atoms with Crippen molar-refractivity contribution in [1.29, 1.82) is 5.26 Å². The van der Waals surface area contributed by atoms with Gasteiger partial charge in [0, 0.05) is 31.4 Å². The zero-order valence-electron chi connectivity index (χ0n) is 14.2. The highest BCUT2D eigenvalue weighted by atomic mass is 16.5. The Bertz CT molecular complexity index is 829. The summed E-state index contributed by atoms with van der Waals surface area (Å²) in [6, 6.07) is 16.6. The number of rotatable bonds is 3. The molecule has 1 heterocycles. The number of hydrogen-bond acceptors (Lipinski definition) is 4. The van der Waals surface area contributed by atoms with Crippen molar-refractivity contribution in [3.8, 4) is 11.8 Å². The van der Waals surface area contributed by atoms with Crippen LogP contribution in [0.3, 0.4) is 0 Å². The highest BCUT2D eigenvalue weighted by Crippen LogP contribution is 2.43. The van der Waals surface area contributed by atoms with Crippen molar-refractivity contribution in [1.82, 2.24) is 0 Å². The van der Waals surface area contributed by atoms with Gasteiger partial charge in [0.2, 0.25) is 5.88 Å². The lowest BCUT2D eigenvalue weighted by molar-refractivity contribution is 0.394. The Kier molecular flexibility index (Phi) is 4.18. The van der Waals surface area contributed by atoms with Crippen molar-refractivity contribution in [3.05, 3.63) is 70.6 Å². The van der Waals surface area contributed by atoms with E-state index >= 15 is 0 Å². The number of nitrogens with two attached hydrogens (primary N) is 1. The fourth-order valence-corrected chi connectivity index (χ4v) is 3.01. The van der Waals surface area contributed by atoms with E-state index in [1.54, 1.807) is 0 Å². The smallest absolute Gasteiger partial charge is 0.205 e. The van der Waals surface area contributed by atoms with Crippen LogP contribution in [0.15, 0.2) is 53.9 Å². The first-order valence-corrected chi connectivity index (χ1v) is 8.02. The SMILES string of the molecule is CCc1ccc(C2C(C#N)=C(N)Oc3cc(N(C)C)ccc32)cc1. The van der Waals surface area contributed by atoms with Crippen LogP contribution in [-0.4, -0.2) is 14.1 Å². The predicted molar refractivity (Wildman–Crippen MR) is 95.9 cm³/mol. The number of fused-ring (bicyclic) bond motifs is 1. The summed E-state index contributed by atoms with van der Waals surface area (Å²) in [6.07, 6.45) is 0.986. The fraction of sp³-hybridized carbons (Fsp3) is 0.250. The lowest BCUT2D eigenvalue weighted by Gasteiger charge is -2.27. The Labute approximate surface area is 142 Å². The average Bonchev–Trinajstić information content (AvgIpc) is 2.60. The first-order chi connectivity index (χ1) is 11.5. The third kappa shape index (κ3) is 2.69. The minimum Gasteiger partial charge on any atom is -0.440 e. The van der Waals surface area contributed by atoms with Gasteiger partial charge in [-0.3, -0.25) is 0 Å². The van der Waals surface area contributed by atoms with Crippen LogP contribution in [0.5, 0.6) is 5.75 Å². The third-order valence-electron chi connectivity index (χ3n) is 4.44. The van der Waals surface area contributed by atoms with Gasteiger partial charge in [-0.1, -0.05) is 37.3 Å². The van der Waals surface area contributed by atoms with Gasteiger partial charge in [0.25, 0.3) is 0 Å². The highest BCUT2D eigenvalue weighted by molar-refractivity contribution is 5.61. The van der Waals surface area contributed by atoms with E-state index < -0.39 is 0 Å². The van der Waals surface area contributed by atoms with Gasteiger partial charge in [0.1, 0.15) is 17.4 Å². The van der Waals surface area contributed by atoms with E-state index in [1.807, 2.05) is 37.2 Å². The number of nitrogens with zero attached hydrogens (tertiary/aromatic N) is 2. The number of ether oxygens (including phenoxy) is 1. The lowest BCUT2D eigenvalue weighted by atomic mass is 9.83. The molecule has 2 aromatic carbocycles. The topological polar surface area (TPSA) is 62.3 Å². The molecular weight excluding hydrogens is 298 g/mol. The normalized spacial score (nSPS) is 16.2. The maximum absolute atomic E-state index is 9.59. The summed E-state index contributed by atoms with van der Waals surface area (Å²) in [6.45, 7) is 2.13. The average molecular weight is 319 g/mol. The van der Waals surface area contributed by atoms with Crippen LogP contribution < -0.4 is 15.4 Å². The number of aryl methyl sites for hydroxylation is 1. The molecule has 3 rings (SSSR count). The number of allylic oxidation sites excluding steroid dienone is 1. The van der Waals surface area contributed by atoms with E-state index in [1.165, 1.54) is 5.56 Å². The van der Waals surface area contributed by atoms with E-state index in [0.29, 0.717) is 11.3 Å². The largest absolute Gasteiger partial charge is 0.440 e. The second-order valence-electron chi connectivity index (χ2n) is 6.14. The van der Waals surface area contributed by atoms with E-state index in [9.17, 15) is 5.26 Å². The van der Waals surface area contributed by atoms with Gasteiger partial charge >= 0.3 is 0 Å². The van der Waals surface area contributed by atoms with Crippen LogP contribution in [0.4, 0.5) is 5.69 Å². The zero-order chi connectivity index (χ0) is 17.3. The van der Waals surface area contributed by atoms with Crippen LogP contribution in [0.25, 0.3) is 0 Å². The molecule has 122 valence electrons. The van der Waals surface area contributed by atoms with Gasteiger partial charge in [-0.05, 0) is 23.6 Å². The molecule has 0 fully saturated rings. The van der Waals surface area contributed by atoms with Crippen molar-refractivity contribution < 1.29 is 4.74 Å². The van der Waals surface area contributed by atoms with E-state index in [2.05, 4.69) is 37.3 Å². The molecule has 0 aliphatic carbocycles. The summed E-state index contributed by atoms with van der Waals surface area (Å²) in [5.41, 5.74) is 10.8. The number of nitriles is 1. The van der Waals surface area contributed by atoms with Crippen LogP contribution in [0.1, 0.15) is 29.5 Å². The summed E-state index contributed by atoms with van der Waals surface area (Å²) in [7, 11) is 3.96. The molecule has 0 amide bonds. The maximum atomic E-state index is 9.59. The van der Waals surface area contributed by atoms with Gasteiger partial charge in [-0.25, -0.2) is 0 Å². The number of hydrogen-bond donors (Lipinski definition) is 1. The molecular formula is C20H21N3O. The fourth-order valence-electron chi connectivity index (χ4n) is 3.01. The molecule has 2 N–H and O–H groups in total. The molecule has 4 nitrogen and oxygen atoms in total. The Hall–Kier alpha value is -2.93. The molecule has 1 atom stereocenters. The molecule has 24 heavy (non-hydrogen) atoms. The number of anilines is 1. The molecule has 1 unspecified atom stereocenters. The first kappa shape index (κ1) is 15.9. The summed E-state index contributed by atoms with van der Waals surface area (Å²) in [5.74, 6) is 0.702. The molecule has 4 heteroatoms. The lowest BCUT2D eigenvalue weighted by Crippen LogP contribution is -2.21. The summed E-state index contributed by atoms with van der Waals surface area (Å²) in [4.78, 5) is 2.01. The molecule has 2 aromatic rings. The Morgan fingerprint density at radius 2 is 1.88 bits per heavy atom. The standard InChI is InChI=1S/C20H21N3O/c1-4-13-5-7-14(8-6-13)19-16-10-9-15(23(2)3)11-18(16)24-20(22)17(19)12-21/h5-11,19H,4,22H2,1-3H3. The molecule has 1 aliphatic heterocycles. The maximum Gasteiger partial charge on any atom is 0.205 e. The van der Waals surface area contributed by atoms with Crippen LogP contribution in [-0.2, 0) is 6.42 Å². The molecule has 0 saturated carbocycles. The van der Waals surface area contributed by atoms with Crippen molar-refractivity contribution in [2.75, 3.05) is 19.0 Å². The monoisotopic (exact) mass is 319 g/mol. The van der Waals surface area contributed by atoms with Crippen LogP contribution in [0.2, 0.25) is 0 Å². The van der Waals surface area contributed by atoms with Crippen molar-refractivity contribution in [2.24, 2.45) is 5.73 Å². The van der Waals surface area contributed by atoms with Crippen LogP contribution in [0, 0.1) is 11.3 Å². The second kappa shape index (κ2) is 6.29. The minimum absolute atomic E-state index is 0.186. The minimum atomic E-state index is -0.194. The highest BCUT2D eigenvalue weighted by Gasteiger charge is 2.30. The zero-order valence-corrected chi connectivity index (χ0v) is 14.2. The third-order valence-corrected chi connectivity index (χ3v) is 4.44. The Morgan fingerprint density at radius 3 is 2.46 bits per heavy atom. The second-order valence-corrected chi connectivity index (χ2v) is 6.14. The van der Waals surface area contributed by atoms with Gasteiger partial charge < -0.3 is 15.4 Å². The quantitative estimate of drug-likeness (QED) is 0.940.